The molecular weight excluding hydrogens is 302 g/mol. The Kier molecular flexibility index (Phi) is 4.92. The van der Waals surface area contributed by atoms with E-state index in [0.29, 0.717) is 6.61 Å². The number of aromatic nitrogens is 2. The van der Waals surface area contributed by atoms with E-state index in [9.17, 15) is 0 Å². The fourth-order valence-corrected chi connectivity index (χ4v) is 3.11. The lowest BCUT2D eigenvalue weighted by atomic mass is 9.95. The van der Waals surface area contributed by atoms with Crippen molar-refractivity contribution >= 4 is 0 Å². The van der Waals surface area contributed by atoms with Crippen molar-refractivity contribution in [3.8, 4) is 17.0 Å². The van der Waals surface area contributed by atoms with Gasteiger partial charge in [-0.1, -0.05) is 20.8 Å². The zero-order chi connectivity index (χ0) is 17.2. The first kappa shape index (κ1) is 17.0. The Morgan fingerprint density at radius 3 is 2.71 bits per heavy atom. The van der Waals surface area contributed by atoms with E-state index in [4.69, 9.17) is 9.47 Å². The van der Waals surface area contributed by atoms with E-state index >= 15 is 0 Å². The van der Waals surface area contributed by atoms with Crippen molar-refractivity contribution in [2.75, 3.05) is 33.4 Å². The Morgan fingerprint density at radius 1 is 1.29 bits per heavy atom. The Labute approximate surface area is 144 Å². The average molecular weight is 329 g/mol. The SMILES string of the molecule is COc1ccc(-c2cnc([C@@H]3COCCN3CC(C)(C)C)[nH]2)cc1. The molecule has 0 spiro atoms. The molecule has 1 fully saturated rings. The fourth-order valence-electron chi connectivity index (χ4n) is 3.11. The number of nitrogens with zero attached hydrogens (tertiary/aromatic N) is 2. The van der Waals surface area contributed by atoms with E-state index in [-0.39, 0.29) is 11.5 Å². The van der Waals surface area contributed by atoms with Crippen LogP contribution in [0.5, 0.6) is 5.75 Å². The summed E-state index contributed by atoms with van der Waals surface area (Å²) < 4.78 is 10.9. The van der Waals surface area contributed by atoms with Gasteiger partial charge in [0.25, 0.3) is 0 Å². The van der Waals surface area contributed by atoms with Crippen LogP contribution in [0, 0.1) is 5.41 Å². The molecule has 0 bridgehead atoms. The molecule has 24 heavy (non-hydrogen) atoms. The van der Waals surface area contributed by atoms with Gasteiger partial charge >= 0.3 is 0 Å². The molecule has 5 nitrogen and oxygen atoms in total. The highest BCUT2D eigenvalue weighted by Crippen LogP contribution is 2.28. The maximum Gasteiger partial charge on any atom is 0.126 e. The van der Waals surface area contributed by atoms with Gasteiger partial charge in [-0.2, -0.15) is 0 Å². The van der Waals surface area contributed by atoms with Crippen molar-refractivity contribution in [1.29, 1.82) is 0 Å². The monoisotopic (exact) mass is 329 g/mol. The summed E-state index contributed by atoms with van der Waals surface area (Å²) in [5.74, 6) is 1.83. The molecule has 1 aliphatic rings. The second-order valence-corrected chi connectivity index (χ2v) is 7.53. The van der Waals surface area contributed by atoms with Gasteiger partial charge < -0.3 is 14.5 Å². The number of morpholine rings is 1. The van der Waals surface area contributed by atoms with Crippen molar-refractivity contribution in [3.05, 3.63) is 36.3 Å². The van der Waals surface area contributed by atoms with Crippen LogP contribution in [0.2, 0.25) is 0 Å². The third-order valence-electron chi connectivity index (χ3n) is 4.23. The summed E-state index contributed by atoms with van der Waals surface area (Å²) in [4.78, 5) is 10.6. The standard InChI is InChI=1S/C19H27N3O2/c1-19(2,3)13-22-9-10-24-12-17(22)18-20-11-16(21-18)14-5-7-15(23-4)8-6-14/h5-8,11,17H,9-10,12-13H2,1-4H3,(H,20,21)/t17-/m0/s1. The summed E-state index contributed by atoms with van der Waals surface area (Å²) in [7, 11) is 1.68. The summed E-state index contributed by atoms with van der Waals surface area (Å²) >= 11 is 0. The zero-order valence-corrected chi connectivity index (χ0v) is 15.0. The van der Waals surface area contributed by atoms with E-state index in [2.05, 4.69) is 35.6 Å². The Hall–Kier alpha value is -1.85. The van der Waals surface area contributed by atoms with Gasteiger partial charge in [-0.3, -0.25) is 4.90 Å². The smallest absolute Gasteiger partial charge is 0.126 e. The Morgan fingerprint density at radius 2 is 2.04 bits per heavy atom. The largest absolute Gasteiger partial charge is 0.497 e. The molecule has 0 amide bonds. The quantitative estimate of drug-likeness (QED) is 0.933. The number of benzene rings is 1. The first-order chi connectivity index (χ1) is 11.5. The topological polar surface area (TPSA) is 50.4 Å². The van der Waals surface area contributed by atoms with Gasteiger partial charge in [0.1, 0.15) is 11.6 Å². The molecule has 0 saturated carbocycles. The van der Waals surface area contributed by atoms with Crippen LogP contribution >= 0.6 is 0 Å². The molecule has 2 heterocycles. The second-order valence-electron chi connectivity index (χ2n) is 7.53. The highest BCUT2D eigenvalue weighted by Gasteiger charge is 2.29. The maximum atomic E-state index is 5.71. The molecule has 0 unspecified atom stereocenters. The van der Waals surface area contributed by atoms with E-state index in [1.807, 2.05) is 30.5 Å². The Balaban J connectivity index is 1.79. The van der Waals surface area contributed by atoms with E-state index in [1.54, 1.807) is 7.11 Å². The van der Waals surface area contributed by atoms with Gasteiger partial charge in [0, 0.05) is 13.1 Å². The van der Waals surface area contributed by atoms with Gasteiger partial charge in [-0.15, -0.1) is 0 Å². The summed E-state index contributed by atoms with van der Waals surface area (Å²) in [5, 5.41) is 0. The summed E-state index contributed by atoms with van der Waals surface area (Å²) in [6, 6.07) is 8.20. The van der Waals surface area contributed by atoms with Crippen LogP contribution < -0.4 is 4.74 Å². The number of nitrogens with one attached hydrogen (secondary N) is 1. The van der Waals surface area contributed by atoms with Gasteiger partial charge in [0.2, 0.25) is 0 Å². The normalized spacial score (nSPS) is 19.4. The van der Waals surface area contributed by atoms with Crippen LogP contribution in [0.1, 0.15) is 32.6 Å². The molecule has 130 valence electrons. The second kappa shape index (κ2) is 6.95. The number of aromatic amines is 1. The van der Waals surface area contributed by atoms with Crippen molar-refractivity contribution in [2.45, 2.75) is 26.8 Å². The predicted molar refractivity (Wildman–Crippen MR) is 95.2 cm³/mol. The van der Waals surface area contributed by atoms with Crippen LogP contribution in [0.3, 0.4) is 0 Å². The molecule has 1 saturated heterocycles. The van der Waals surface area contributed by atoms with Gasteiger partial charge in [0.15, 0.2) is 0 Å². The zero-order valence-electron chi connectivity index (χ0n) is 15.0. The van der Waals surface area contributed by atoms with Crippen LogP contribution in [-0.2, 0) is 4.74 Å². The maximum absolute atomic E-state index is 5.71. The Bertz CT molecular complexity index is 658. The van der Waals surface area contributed by atoms with Gasteiger partial charge in [-0.05, 0) is 35.2 Å². The molecule has 0 radical (unpaired) electrons. The van der Waals surface area contributed by atoms with Crippen molar-refractivity contribution in [3.63, 3.8) is 0 Å². The lowest BCUT2D eigenvalue weighted by Gasteiger charge is -2.38. The minimum Gasteiger partial charge on any atom is -0.497 e. The average Bonchev–Trinajstić information content (AvgIpc) is 3.04. The highest BCUT2D eigenvalue weighted by atomic mass is 16.5. The van der Waals surface area contributed by atoms with Gasteiger partial charge in [-0.25, -0.2) is 4.98 Å². The number of rotatable bonds is 4. The lowest BCUT2D eigenvalue weighted by Crippen LogP contribution is -2.44. The van der Waals surface area contributed by atoms with E-state index in [1.165, 1.54) is 0 Å². The van der Waals surface area contributed by atoms with Gasteiger partial charge in [0.05, 0.1) is 38.3 Å². The summed E-state index contributed by atoms with van der Waals surface area (Å²) in [6.07, 6.45) is 1.90. The minimum absolute atomic E-state index is 0.185. The molecule has 1 aromatic carbocycles. The first-order valence-corrected chi connectivity index (χ1v) is 8.47. The highest BCUT2D eigenvalue weighted by molar-refractivity contribution is 5.59. The van der Waals surface area contributed by atoms with Crippen LogP contribution in [-0.4, -0.2) is 48.3 Å². The molecule has 2 aromatic rings. The van der Waals surface area contributed by atoms with Crippen molar-refractivity contribution in [2.24, 2.45) is 5.41 Å². The fraction of sp³-hybridized carbons (Fsp3) is 0.526. The molecule has 1 atom stereocenters. The number of ether oxygens (including phenoxy) is 2. The van der Waals surface area contributed by atoms with Crippen molar-refractivity contribution < 1.29 is 9.47 Å². The van der Waals surface area contributed by atoms with E-state index in [0.717, 1.165) is 42.5 Å². The third-order valence-corrected chi connectivity index (χ3v) is 4.23. The molecule has 1 N–H and O–H groups in total. The third kappa shape index (κ3) is 3.97. The summed E-state index contributed by atoms with van der Waals surface area (Å²) in [5.41, 5.74) is 2.38. The lowest BCUT2D eigenvalue weighted by molar-refractivity contribution is -0.0246. The predicted octanol–water partition coefficient (Wildman–Crippen LogP) is 3.50. The molecule has 3 rings (SSSR count). The molecule has 5 heteroatoms. The molecular formula is C19H27N3O2. The first-order valence-electron chi connectivity index (χ1n) is 8.47. The van der Waals surface area contributed by atoms with Crippen molar-refractivity contribution in [1.82, 2.24) is 14.9 Å². The van der Waals surface area contributed by atoms with E-state index < -0.39 is 0 Å². The van der Waals surface area contributed by atoms with Crippen LogP contribution in [0.25, 0.3) is 11.3 Å². The number of hydrogen-bond acceptors (Lipinski definition) is 4. The number of hydrogen-bond donors (Lipinski definition) is 1. The number of imidazole rings is 1. The number of methoxy groups -OCH3 is 1. The van der Waals surface area contributed by atoms with Crippen LogP contribution in [0.15, 0.2) is 30.5 Å². The van der Waals surface area contributed by atoms with Crippen LogP contribution in [0.4, 0.5) is 0 Å². The molecule has 1 aliphatic heterocycles. The minimum atomic E-state index is 0.185. The molecule has 0 aliphatic carbocycles. The number of H-pyrrole nitrogens is 1. The molecule has 1 aromatic heterocycles. The summed E-state index contributed by atoms with van der Waals surface area (Å²) in [6.45, 7) is 10.3.